The molecule has 1 fully saturated rings. The lowest BCUT2D eigenvalue weighted by molar-refractivity contribution is -0.145. The molecule has 1 aliphatic rings. The normalized spacial score (nSPS) is 13.9. The van der Waals surface area contributed by atoms with E-state index in [-0.39, 0.29) is 19.1 Å². The fourth-order valence-corrected chi connectivity index (χ4v) is 5.53. The summed E-state index contributed by atoms with van der Waals surface area (Å²) < 4.78 is 29.9. The third kappa shape index (κ3) is 6.87. The van der Waals surface area contributed by atoms with Gasteiger partial charge in [0.25, 0.3) is 11.8 Å². The van der Waals surface area contributed by atoms with Crippen LogP contribution in [0.25, 0.3) is 6.08 Å². The van der Waals surface area contributed by atoms with Gasteiger partial charge in [0.2, 0.25) is 0 Å². The lowest BCUT2D eigenvalue weighted by Crippen LogP contribution is -2.27. The van der Waals surface area contributed by atoms with Gasteiger partial charge in [-0.15, -0.1) is 0 Å². The molecule has 206 valence electrons. The van der Waals surface area contributed by atoms with Crippen molar-refractivity contribution in [1.82, 2.24) is 0 Å². The Kier molecular flexibility index (Phi) is 9.56. The number of ether oxygens (including phenoxy) is 3. The van der Waals surface area contributed by atoms with Crippen molar-refractivity contribution in [3.05, 3.63) is 87.0 Å². The molecule has 0 radical (unpaired) electrons. The number of carbonyl (C=O) groups is 3. The summed E-state index contributed by atoms with van der Waals surface area (Å²) in [6.45, 7) is 1.66. The molecule has 3 aromatic rings. The fraction of sp³-hybridized carbons (Fsp3) is 0.143. The van der Waals surface area contributed by atoms with Gasteiger partial charge in [0.05, 0.1) is 28.8 Å². The SMILES string of the molecule is CCOC(=O)COc1c(Br)cc(/C=C2/SC(=S)N(c3cccc(C(=O)Nc4ccc(F)cc4)c3)C2=O)cc1OC. The quantitative estimate of drug-likeness (QED) is 0.167. The van der Waals surface area contributed by atoms with Gasteiger partial charge < -0.3 is 19.5 Å². The predicted octanol–water partition coefficient (Wildman–Crippen LogP) is 6.20. The van der Waals surface area contributed by atoms with Crippen LogP contribution >= 0.6 is 39.9 Å². The van der Waals surface area contributed by atoms with Crippen LogP contribution in [0.2, 0.25) is 0 Å². The van der Waals surface area contributed by atoms with Crippen molar-refractivity contribution in [1.29, 1.82) is 0 Å². The molecule has 0 saturated carbocycles. The minimum atomic E-state index is -0.513. The highest BCUT2D eigenvalue weighted by Gasteiger charge is 2.33. The average molecular weight is 646 g/mol. The molecule has 0 bridgehead atoms. The Balaban J connectivity index is 1.53. The molecule has 12 heteroatoms. The standard InChI is InChI=1S/C28H22BrFN2O6S2/c1-3-37-24(33)15-38-25-21(29)11-16(12-22(25)36-2)13-23-27(35)32(28(39)40-23)20-6-4-5-17(14-20)26(34)31-19-9-7-18(30)8-10-19/h4-14H,3,15H2,1-2H3,(H,31,34)/b23-13+. The van der Waals surface area contributed by atoms with Crippen LogP contribution < -0.4 is 19.7 Å². The first-order valence-corrected chi connectivity index (χ1v) is 13.8. The molecular weight excluding hydrogens is 623 g/mol. The maximum atomic E-state index is 13.4. The monoisotopic (exact) mass is 644 g/mol. The van der Waals surface area contributed by atoms with E-state index in [1.165, 1.54) is 36.3 Å². The largest absolute Gasteiger partial charge is 0.493 e. The Hall–Kier alpha value is -3.74. The molecule has 4 rings (SSSR count). The second kappa shape index (κ2) is 13.1. The molecule has 0 atom stereocenters. The summed E-state index contributed by atoms with van der Waals surface area (Å²) in [6.07, 6.45) is 1.66. The number of hydrogen-bond acceptors (Lipinski definition) is 8. The number of hydrogen-bond donors (Lipinski definition) is 1. The van der Waals surface area contributed by atoms with E-state index in [1.54, 1.807) is 49.4 Å². The number of carbonyl (C=O) groups excluding carboxylic acids is 3. The molecule has 1 N–H and O–H groups in total. The molecule has 3 aromatic carbocycles. The number of nitrogens with zero attached hydrogens (tertiary/aromatic N) is 1. The van der Waals surface area contributed by atoms with E-state index in [2.05, 4.69) is 21.2 Å². The zero-order valence-corrected chi connectivity index (χ0v) is 24.5. The summed E-state index contributed by atoms with van der Waals surface area (Å²) >= 11 is 10.0. The summed E-state index contributed by atoms with van der Waals surface area (Å²) in [5, 5.41) is 2.70. The topological polar surface area (TPSA) is 94.2 Å². The van der Waals surface area contributed by atoms with Gasteiger partial charge in [0.1, 0.15) is 5.82 Å². The average Bonchev–Trinajstić information content (AvgIpc) is 3.21. The van der Waals surface area contributed by atoms with Crippen LogP contribution in [0.5, 0.6) is 11.5 Å². The van der Waals surface area contributed by atoms with E-state index in [0.29, 0.717) is 47.7 Å². The maximum absolute atomic E-state index is 13.4. The molecule has 40 heavy (non-hydrogen) atoms. The lowest BCUT2D eigenvalue weighted by atomic mass is 10.1. The third-order valence-electron chi connectivity index (χ3n) is 5.45. The summed E-state index contributed by atoms with van der Waals surface area (Å²) in [6, 6.07) is 15.3. The van der Waals surface area contributed by atoms with Gasteiger partial charge in [0, 0.05) is 11.3 Å². The summed E-state index contributed by atoms with van der Waals surface area (Å²) in [7, 11) is 1.46. The summed E-state index contributed by atoms with van der Waals surface area (Å²) in [5.41, 5.74) is 1.79. The molecular formula is C28H22BrFN2O6S2. The Morgan fingerprint density at radius 3 is 2.60 bits per heavy atom. The smallest absolute Gasteiger partial charge is 0.344 e. The van der Waals surface area contributed by atoms with E-state index in [1.807, 2.05) is 0 Å². The van der Waals surface area contributed by atoms with Crippen molar-refractivity contribution in [3.8, 4) is 11.5 Å². The van der Waals surface area contributed by atoms with Gasteiger partial charge in [-0.3, -0.25) is 14.5 Å². The van der Waals surface area contributed by atoms with Crippen LogP contribution in [0.3, 0.4) is 0 Å². The van der Waals surface area contributed by atoms with Gasteiger partial charge in [0.15, 0.2) is 22.4 Å². The Labute approximate surface area is 247 Å². The van der Waals surface area contributed by atoms with Crippen molar-refractivity contribution < 1.29 is 33.0 Å². The third-order valence-corrected chi connectivity index (χ3v) is 7.34. The first-order chi connectivity index (χ1) is 19.2. The van der Waals surface area contributed by atoms with Gasteiger partial charge in [-0.1, -0.05) is 30.0 Å². The number of amides is 2. The van der Waals surface area contributed by atoms with E-state index in [9.17, 15) is 18.8 Å². The minimum absolute atomic E-state index is 0.241. The molecule has 0 unspecified atom stereocenters. The van der Waals surface area contributed by atoms with Crippen LogP contribution in [-0.2, 0) is 14.3 Å². The number of halogens is 2. The second-order valence-corrected chi connectivity index (χ2v) is 10.7. The Bertz CT molecular complexity index is 1510. The van der Waals surface area contributed by atoms with Crippen LogP contribution in [0.1, 0.15) is 22.8 Å². The highest BCUT2D eigenvalue weighted by atomic mass is 79.9. The fourth-order valence-electron chi connectivity index (χ4n) is 3.66. The number of rotatable bonds is 9. The first kappa shape index (κ1) is 29.2. The number of nitrogens with one attached hydrogen (secondary N) is 1. The molecule has 1 heterocycles. The zero-order valence-electron chi connectivity index (χ0n) is 21.2. The molecule has 2 amide bonds. The summed E-state index contributed by atoms with van der Waals surface area (Å²) in [4.78, 5) is 39.5. The molecule has 1 aliphatic heterocycles. The molecule has 1 saturated heterocycles. The van der Waals surface area contributed by atoms with E-state index in [4.69, 9.17) is 26.4 Å². The highest BCUT2D eigenvalue weighted by molar-refractivity contribution is 9.10. The van der Waals surface area contributed by atoms with E-state index < -0.39 is 17.7 Å². The molecule has 8 nitrogen and oxygen atoms in total. The van der Waals surface area contributed by atoms with Crippen molar-refractivity contribution in [2.45, 2.75) is 6.92 Å². The minimum Gasteiger partial charge on any atom is -0.493 e. The van der Waals surface area contributed by atoms with Gasteiger partial charge in [-0.05, 0) is 89.1 Å². The van der Waals surface area contributed by atoms with Crippen LogP contribution in [-0.4, -0.2) is 42.4 Å². The van der Waals surface area contributed by atoms with Gasteiger partial charge in [-0.2, -0.15) is 0 Å². The predicted molar refractivity (Wildman–Crippen MR) is 159 cm³/mol. The molecule has 0 aliphatic carbocycles. The summed E-state index contributed by atoms with van der Waals surface area (Å²) in [5.74, 6) is -1.04. The molecule has 0 aromatic heterocycles. The van der Waals surface area contributed by atoms with Crippen molar-refractivity contribution in [3.63, 3.8) is 0 Å². The Morgan fingerprint density at radius 1 is 1.15 bits per heavy atom. The van der Waals surface area contributed by atoms with Crippen LogP contribution in [0.15, 0.2) is 70.0 Å². The molecule has 0 spiro atoms. The Morgan fingerprint density at radius 2 is 1.90 bits per heavy atom. The van der Waals surface area contributed by atoms with Gasteiger partial charge >= 0.3 is 5.97 Å². The second-order valence-electron chi connectivity index (χ2n) is 8.16. The van der Waals surface area contributed by atoms with E-state index in [0.717, 1.165) is 11.8 Å². The number of thioether (sulfide) groups is 1. The maximum Gasteiger partial charge on any atom is 0.344 e. The number of methoxy groups -OCH3 is 1. The van der Waals surface area contributed by atoms with Gasteiger partial charge in [-0.25, -0.2) is 9.18 Å². The van der Waals surface area contributed by atoms with Crippen molar-refractivity contribution in [2.24, 2.45) is 0 Å². The lowest BCUT2D eigenvalue weighted by Gasteiger charge is -2.15. The number of esters is 1. The van der Waals surface area contributed by atoms with Crippen LogP contribution in [0, 0.1) is 5.82 Å². The van der Waals surface area contributed by atoms with Crippen molar-refractivity contribution in [2.75, 3.05) is 30.5 Å². The highest BCUT2D eigenvalue weighted by Crippen LogP contribution is 2.40. The van der Waals surface area contributed by atoms with Crippen LogP contribution in [0.4, 0.5) is 15.8 Å². The number of thiocarbonyl (C=S) groups is 1. The van der Waals surface area contributed by atoms with E-state index >= 15 is 0 Å². The first-order valence-electron chi connectivity index (χ1n) is 11.8. The number of benzene rings is 3. The zero-order chi connectivity index (χ0) is 28.8. The van der Waals surface area contributed by atoms with Crippen molar-refractivity contribution >= 4 is 79.5 Å². The number of anilines is 2.